The summed E-state index contributed by atoms with van der Waals surface area (Å²) in [5, 5.41) is 8.83. The molecule has 1 N–H and O–H groups in total. The molecule has 0 amide bonds. The van der Waals surface area contributed by atoms with Gasteiger partial charge in [0.15, 0.2) is 0 Å². The summed E-state index contributed by atoms with van der Waals surface area (Å²) in [4.78, 5) is 3.97. The summed E-state index contributed by atoms with van der Waals surface area (Å²) in [6, 6.07) is 2.90. The molecule has 0 aliphatic rings. The van der Waals surface area contributed by atoms with Crippen LogP contribution in [0.3, 0.4) is 0 Å². The van der Waals surface area contributed by atoms with Gasteiger partial charge in [-0.25, -0.2) is 9.37 Å². The molecule has 2 aromatic rings. The molecule has 2 aromatic heterocycles. The van der Waals surface area contributed by atoms with Gasteiger partial charge in [0, 0.05) is 6.20 Å². The van der Waals surface area contributed by atoms with Crippen molar-refractivity contribution in [3.63, 3.8) is 0 Å². The van der Waals surface area contributed by atoms with Crippen LogP contribution >= 0.6 is 0 Å². The van der Waals surface area contributed by atoms with Gasteiger partial charge in [-0.1, -0.05) is 0 Å². The van der Waals surface area contributed by atoms with E-state index in [0.29, 0.717) is 11.3 Å². The van der Waals surface area contributed by atoms with Crippen LogP contribution in [0.4, 0.5) is 4.39 Å². The second kappa shape index (κ2) is 2.57. The first-order valence-corrected chi connectivity index (χ1v) is 3.53. The molecular weight excluding hydrogens is 159 g/mol. The maximum absolute atomic E-state index is 12.7. The lowest BCUT2D eigenvalue weighted by Gasteiger charge is -1.96. The molecule has 2 rings (SSSR count). The van der Waals surface area contributed by atoms with Gasteiger partial charge in [0.1, 0.15) is 11.5 Å². The van der Waals surface area contributed by atoms with Crippen LogP contribution in [0.15, 0.2) is 24.5 Å². The van der Waals surface area contributed by atoms with E-state index in [2.05, 4.69) is 4.98 Å². The predicted molar refractivity (Wildman–Crippen MR) is 41.1 cm³/mol. The second-order valence-corrected chi connectivity index (χ2v) is 2.48. The van der Waals surface area contributed by atoms with E-state index in [1.54, 1.807) is 6.07 Å². The Morgan fingerprint density at radius 2 is 2.33 bits per heavy atom. The van der Waals surface area contributed by atoms with E-state index >= 15 is 0 Å². The summed E-state index contributed by atoms with van der Waals surface area (Å²) in [5.41, 5.74) is 1.23. The van der Waals surface area contributed by atoms with Crippen molar-refractivity contribution in [3.8, 4) is 0 Å². The van der Waals surface area contributed by atoms with Crippen molar-refractivity contribution in [2.75, 3.05) is 0 Å². The number of aromatic nitrogens is 2. The zero-order valence-corrected chi connectivity index (χ0v) is 6.24. The predicted octanol–water partition coefficient (Wildman–Crippen LogP) is 0.966. The van der Waals surface area contributed by atoms with Gasteiger partial charge in [-0.15, -0.1) is 0 Å². The van der Waals surface area contributed by atoms with Gasteiger partial charge < -0.3 is 5.11 Å². The van der Waals surface area contributed by atoms with Crippen molar-refractivity contribution in [1.82, 2.24) is 9.38 Å². The zero-order valence-electron chi connectivity index (χ0n) is 6.24. The Labute approximate surface area is 68.1 Å². The number of aliphatic hydroxyl groups excluding tert-OH is 1. The molecule has 0 atom stereocenters. The number of aliphatic hydroxyl groups is 1. The van der Waals surface area contributed by atoms with Crippen LogP contribution in [-0.4, -0.2) is 14.5 Å². The molecule has 2 heterocycles. The van der Waals surface area contributed by atoms with Gasteiger partial charge in [-0.2, -0.15) is 0 Å². The van der Waals surface area contributed by atoms with Crippen LogP contribution in [-0.2, 0) is 6.61 Å². The Morgan fingerprint density at radius 1 is 1.50 bits per heavy atom. The summed E-state index contributed by atoms with van der Waals surface area (Å²) in [7, 11) is 0. The van der Waals surface area contributed by atoms with Gasteiger partial charge in [0.25, 0.3) is 0 Å². The van der Waals surface area contributed by atoms with Crippen molar-refractivity contribution in [2.24, 2.45) is 0 Å². The SMILES string of the molecule is OCc1cnc2ccc(F)cn12. The second-order valence-electron chi connectivity index (χ2n) is 2.48. The minimum atomic E-state index is -0.338. The third kappa shape index (κ3) is 0.967. The molecule has 0 saturated carbocycles. The van der Waals surface area contributed by atoms with Crippen LogP contribution in [0.25, 0.3) is 5.65 Å². The molecule has 0 spiro atoms. The Balaban J connectivity index is 2.75. The average Bonchev–Trinajstić information content (AvgIpc) is 2.46. The highest BCUT2D eigenvalue weighted by molar-refractivity contribution is 5.39. The van der Waals surface area contributed by atoms with E-state index in [-0.39, 0.29) is 12.4 Å². The number of fused-ring (bicyclic) bond motifs is 1. The molecule has 0 fully saturated rings. The summed E-state index contributed by atoms with van der Waals surface area (Å²) >= 11 is 0. The number of rotatable bonds is 1. The smallest absolute Gasteiger partial charge is 0.139 e. The maximum Gasteiger partial charge on any atom is 0.139 e. The normalized spacial score (nSPS) is 10.8. The fourth-order valence-electron chi connectivity index (χ4n) is 1.12. The molecule has 62 valence electrons. The lowest BCUT2D eigenvalue weighted by molar-refractivity contribution is 0.275. The third-order valence-corrected chi connectivity index (χ3v) is 1.71. The Bertz CT molecular complexity index is 410. The first kappa shape index (κ1) is 7.24. The van der Waals surface area contributed by atoms with Gasteiger partial charge in [-0.05, 0) is 12.1 Å². The number of hydrogen-bond acceptors (Lipinski definition) is 2. The molecule has 12 heavy (non-hydrogen) atoms. The number of nitrogens with zero attached hydrogens (tertiary/aromatic N) is 2. The number of pyridine rings is 1. The van der Waals surface area contributed by atoms with Crippen molar-refractivity contribution in [3.05, 3.63) is 36.0 Å². The summed E-state index contributed by atoms with van der Waals surface area (Å²) in [5.74, 6) is -0.338. The topological polar surface area (TPSA) is 37.5 Å². The summed E-state index contributed by atoms with van der Waals surface area (Å²) in [6.07, 6.45) is 2.82. The number of halogens is 1. The van der Waals surface area contributed by atoms with Gasteiger partial charge in [0.05, 0.1) is 18.5 Å². The Morgan fingerprint density at radius 3 is 3.08 bits per heavy atom. The Kier molecular flexibility index (Phi) is 1.55. The molecular formula is C8H7FN2O. The van der Waals surface area contributed by atoms with Crippen molar-refractivity contribution < 1.29 is 9.50 Å². The molecule has 4 heteroatoms. The molecule has 0 radical (unpaired) electrons. The highest BCUT2D eigenvalue weighted by atomic mass is 19.1. The first-order valence-electron chi connectivity index (χ1n) is 3.53. The summed E-state index contributed by atoms with van der Waals surface area (Å²) < 4.78 is 14.2. The van der Waals surface area contributed by atoms with Crippen LogP contribution in [0.5, 0.6) is 0 Å². The maximum atomic E-state index is 12.7. The van der Waals surface area contributed by atoms with Crippen LogP contribution in [0.2, 0.25) is 0 Å². The van der Waals surface area contributed by atoms with E-state index in [4.69, 9.17) is 5.11 Å². The third-order valence-electron chi connectivity index (χ3n) is 1.71. The van der Waals surface area contributed by atoms with Gasteiger partial charge in [-0.3, -0.25) is 4.40 Å². The zero-order chi connectivity index (χ0) is 8.55. The first-order chi connectivity index (χ1) is 5.81. The van der Waals surface area contributed by atoms with Gasteiger partial charge in [0.2, 0.25) is 0 Å². The minimum Gasteiger partial charge on any atom is -0.390 e. The minimum absolute atomic E-state index is 0.134. The fraction of sp³-hybridized carbons (Fsp3) is 0.125. The molecule has 0 saturated heterocycles. The van der Waals surface area contributed by atoms with Crippen LogP contribution < -0.4 is 0 Å². The van der Waals surface area contributed by atoms with E-state index < -0.39 is 0 Å². The van der Waals surface area contributed by atoms with Crippen molar-refractivity contribution in [1.29, 1.82) is 0 Å². The standard InChI is InChI=1S/C8H7FN2O/c9-6-1-2-8-10-3-7(5-12)11(8)4-6/h1-4,12H,5H2. The lowest BCUT2D eigenvalue weighted by atomic mass is 10.4. The van der Waals surface area contributed by atoms with Crippen molar-refractivity contribution in [2.45, 2.75) is 6.61 Å². The van der Waals surface area contributed by atoms with Crippen LogP contribution in [0, 0.1) is 5.82 Å². The quantitative estimate of drug-likeness (QED) is 0.685. The van der Waals surface area contributed by atoms with E-state index in [1.165, 1.54) is 22.9 Å². The van der Waals surface area contributed by atoms with E-state index in [9.17, 15) is 4.39 Å². The molecule has 0 unspecified atom stereocenters. The Hall–Kier alpha value is -1.42. The number of hydrogen-bond donors (Lipinski definition) is 1. The number of imidazole rings is 1. The van der Waals surface area contributed by atoms with Crippen LogP contribution in [0.1, 0.15) is 5.69 Å². The highest BCUT2D eigenvalue weighted by Crippen LogP contribution is 2.07. The average molecular weight is 166 g/mol. The lowest BCUT2D eigenvalue weighted by Crippen LogP contribution is -1.92. The fourth-order valence-corrected chi connectivity index (χ4v) is 1.12. The highest BCUT2D eigenvalue weighted by Gasteiger charge is 2.01. The van der Waals surface area contributed by atoms with E-state index in [1.807, 2.05) is 0 Å². The van der Waals surface area contributed by atoms with E-state index in [0.717, 1.165) is 0 Å². The monoisotopic (exact) mass is 166 g/mol. The molecule has 0 aliphatic heterocycles. The largest absolute Gasteiger partial charge is 0.390 e. The van der Waals surface area contributed by atoms with Crippen molar-refractivity contribution >= 4 is 5.65 Å². The molecule has 0 aromatic carbocycles. The molecule has 0 aliphatic carbocycles. The summed E-state index contributed by atoms with van der Waals surface area (Å²) in [6.45, 7) is -0.134. The van der Waals surface area contributed by atoms with Gasteiger partial charge >= 0.3 is 0 Å². The molecule has 3 nitrogen and oxygen atoms in total. The molecule has 0 bridgehead atoms.